The molecule has 2 aromatic rings. The van der Waals surface area contributed by atoms with Crippen molar-refractivity contribution in [3.63, 3.8) is 0 Å². The lowest BCUT2D eigenvalue weighted by Gasteiger charge is -2.49. The summed E-state index contributed by atoms with van der Waals surface area (Å²) in [4.78, 5) is 2.32. The molecule has 1 aromatic carbocycles. The topological polar surface area (TPSA) is 45.8 Å². The van der Waals surface area contributed by atoms with E-state index in [1.165, 1.54) is 0 Å². The molecule has 5 heteroatoms. The number of benzene rings is 1. The van der Waals surface area contributed by atoms with Gasteiger partial charge in [-0.3, -0.25) is 4.90 Å². The molecule has 4 heterocycles. The van der Waals surface area contributed by atoms with Gasteiger partial charge in [-0.15, -0.1) is 0 Å². The highest BCUT2D eigenvalue weighted by atomic mass is 79.9. The van der Waals surface area contributed by atoms with Crippen LogP contribution in [0.2, 0.25) is 0 Å². The third-order valence-corrected chi connectivity index (χ3v) is 5.38. The number of methoxy groups -OCH3 is 1. The molecule has 5 rings (SSSR count). The van der Waals surface area contributed by atoms with E-state index >= 15 is 0 Å². The van der Waals surface area contributed by atoms with Crippen molar-refractivity contribution in [1.29, 1.82) is 0 Å². The average molecular weight is 352 g/mol. The lowest BCUT2D eigenvalue weighted by molar-refractivity contribution is -0.128. The summed E-state index contributed by atoms with van der Waals surface area (Å²) in [6, 6.07) is 5.84. The SMILES string of the molecule is COc1cc(Br)cc2cc(C3(O)CN4CCC3CC4)oc12. The van der Waals surface area contributed by atoms with Gasteiger partial charge in [-0.05, 0) is 50.0 Å². The van der Waals surface area contributed by atoms with Crippen LogP contribution in [0.4, 0.5) is 0 Å². The van der Waals surface area contributed by atoms with E-state index in [1.807, 2.05) is 18.2 Å². The number of nitrogens with zero attached hydrogens (tertiary/aromatic N) is 1. The molecule has 1 aromatic heterocycles. The predicted octanol–water partition coefficient (Wildman–Crippen LogP) is 3.12. The molecule has 21 heavy (non-hydrogen) atoms. The molecular formula is C16H18BrNO3. The second kappa shape index (κ2) is 4.73. The summed E-state index contributed by atoms with van der Waals surface area (Å²) in [7, 11) is 1.63. The number of rotatable bonds is 2. The highest BCUT2D eigenvalue weighted by molar-refractivity contribution is 9.10. The Hall–Kier alpha value is -1.04. The molecule has 1 N–H and O–H groups in total. The van der Waals surface area contributed by atoms with E-state index < -0.39 is 5.60 Å². The van der Waals surface area contributed by atoms with E-state index in [-0.39, 0.29) is 5.92 Å². The fourth-order valence-corrected chi connectivity index (χ4v) is 4.22. The zero-order chi connectivity index (χ0) is 14.6. The Kier molecular flexibility index (Phi) is 3.07. The highest BCUT2D eigenvalue weighted by Crippen LogP contribution is 2.45. The average Bonchev–Trinajstić information content (AvgIpc) is 2.92. The van der Waals surface area contributed by atoms with Gasteiger partial charge < -0.3 is 14.3 Å². The van der Waals surface area contributed by atoms with Gasteiger partial charge in [0.2, 0.25) is 0 Å². The van der Waals surface area contributed by atoms with E-state index in [2.05, 4.69) is 20.8 Å². The highest BCUT2D eigenvalue weighted by Gasteiger charge is 2.48. The van der Waals surface area contributed by atoms with Crippen molar-refractivity contribution in [2.24, 2.45) is 5.92 Å². The third kappa shape index (κ3) is 2.02. The molecule has 0 spiro atoms. The van der Waals surface area contributed by atoms with Gasteiger partial charge in [0.05, 0.1) is 7.11 Å². The molecule has 3 aliphatic rings. The zero-order valence-corrected chi connectivity index (χ0v) is 13.5. The van der Waals surface area contributed by atoms with Gasteiger partial charge >= 0.3 is 0 Å². The molecule has 4 nitrogen and oxygen atoms in total. The molecule has 112 valence electrons. The van der Waals surface area contributed by atoms with E-state index in [4.69, 9.17) is 9.15 Å². The number of hydrogen-bond acceptors (Lipinski definition) is 4. The third-order valence-electron chi connectivity index (χ3n) is 4.92. The number of piperidine rings is 3. The van der Waals surface area contributed by atoms with Crippen LogP contribution in [0, 0.1) is 5.92 Å². The Bertz CT molecular complexity index is 690. The fourth-order valence-electron chi connectivity index (χ4n) is 3.77. The molecule has 3 aliphatic heterocycles. The first kappa shape index (κ1) is 13.6. The Morgan fingerprint density at radius 1 is 1.33 bits per heavy atom. The molecule has 0 amide bonds. The fraction of sp³-hybridized carbons (Fsp3) is 0.500. The summed E-state index contributed by atoms with van der Waals surface area (Å²) >= 11 is 3.48. The quantitative estimate of drug-likeness (QED) is 0.902. The van der Waals surface area contributed by atoms with Crippen LogP contribution >= 0.6 is 15.9 Å². The maximum Gasteiger partial charge on any atom is 0.176 e. The standard InChI is InChI=1S/C16H18BrNO3/c1-20-13-8-12(17)6-10-7-14(21-15(10)13)16(19)9-18-4-2-11(16)3-5-18/h6-8,11,19H,2-5,9H2,1H3. The normalized spacial score (nSPS) is 31.8. The van der Waals surface area contributed by atoms with Crippen molar-refractivity contribution in [2.75, 3.05) is 26.7 Å². The number of ether oxygens (including phenoxy) is 1. The van der Waals surface area contributed by atoms with Crippen LogP contribution in [-0.4, -0.2) is 36.8 Å². The Balaban J connectivity index is 1.84. The van der Waals surface area contributed by atoms with Crippen LogP contribution in [0.15, 0.2) is 27.1 Å². The van der Waals surface area contributed by atoms with Gasteiger partial charge in [-0.1, -0.05) is 15.9 Å². The predicted molar refractivity (Wildman–Crippen MR) is 83.5 cm³/mol. The van der Waals surface area contributed by atoms with Crippen molar-refractivity contribution in [2.45, 2.75) is 18.4 Å². The van der Waals surface area contributed by atoms with Gasteiger partial charge in [-0.25, -0.2) is 0 Å². The minimum Gasteiger partial charge on any atom is -0.493 e. The Morgan fingerprint density at radius 2 is 2.10 bits per heavy atom. The van der Waals surface area contributed by atoms with Crippen molar-refractivity contribution in [1.82, 2.24) is 4.90 Å². The second-order valence-electron chi connectivity index (χ2n) is 6.11. The van der Waals surface area contributed by atoms with Crippen molar-refractivity contribution in [3.8, 4) is 5.75 Å². The lowest BCUT2D eigenvalue weighted by Crippen LogP contribution is -2.56. The van der Waals surface area contributed by atoms with Gasteiger partial charge in [0.1, 0.15) is 11.4 Å². The van der Waals surface area contributed by atoms with Crippen LogP contribution < -0.4 is 4.74 Å². The summed E-state index contributed by atoms with van der Waals surface area (Å²) in [5.41, 5.74) is -0.159. The van der Waals surface area contributed by atoms with Gasteiger partial charge in [0.25, 0.3) is 0 Å². The number of fused-ring (bicyclic) bond motifs is 4. The van der Waals surface area contributed by atoms with Crippen LogP contribution in [-0.2, 0) is 5.60 Å². The molecule has 1 atom stereocenters. The van der Waals surface area contributed by atoms with E-state index in [9.17, 15) is 5.11 Å². The van der Waals surface area contributed by atoms with E-state index in [1.54, 1.807) is 7.11 Å². The molecule has 2 bridgehead atoms. The minimum atomic E-state index is -0.868. The van der Waals surface area contributed by atoms with E-state index in [0.717, 1.165) is 35.8 Å². The molecule has 3 fully saturated rings. The zero-order valence-electron chi connectivity index (χ0n) is 11.9. The molecule has 1 unspecified atom stereocenters. The molecule has 0 aliphatic carbocycles. The molecular weight excluding hydrogens is 334 g/mol. The monoisotopic (exact) mass is 351 g/mol. The molecule has 3 saturated heterocycles. The van der Waals surface area contributed by atoms with Gasteiger partial charge in [-0.2, -0.15) is 0 Å². The van der Waals surface area contributed by atoms with Gasteiger partial charge in [0, 0.05) is 16.4 Å². The maximum atomic E-state index is 11.2. The van der Waals surface area contributed by atoms with Crippen molar-refractivity contribution in [3.05, 3.63) is 28.4 Å². The number of halogens is 1. The minimum absolute atomic E-state index is 0.289. The smallest absolute Gasteiger partial charge is 0.176 e. The first-order chi connectivity index (χ1) is 10.1. The summed E-state index contributed by atoms with van der Waals surface area (Å²) in [6.45, 7) is 2.84. The summed E-state index contributed by atoms with van der Waals surface area (Å²) in [5.74, 6) is 1.65. The first-order valence-electron chi connectivity index (χ1n) is 7.32. The summed E-state index contributed by atoms with van der Waals surface area (Å²) in [6.07, 6.45) is 2.07. The van der Waals surface area contributed by atoms with Crippen LogP contribution in [0.5, 0.6) is 5.75 Å². The molecule has 0 radical (unpaired) electrons. The lowest BCUT2D eigenvalue weighted by atomic mass is 9.74. The van der Waals surface area contributed by atoms with Crippen LogP contribution in [0.25, 0.3) is 11.0 Å². The van der Waals surface area contributed by atoms with Crippen molar-refractivity contribution >= 4 is 26.9 Å². The number of aliphatic hydroxyl groups is 1. The number of hydrogen-bond donors (Lipinski definition) is 1. The maximum absolute atomic E-state index is 11.2. The number of furan rings is 1. The Morgan fingerprint density at radius 3 is 2.71 bits per heavy atom. The second-order valence-corrected chi connectivity index (χ2v) is 7.03. The van der Waals surface area contributed by atoms with Gasteiger partial charge in [0.15, 0.2) is 11.3 Å². The van der Waals surface area contributed by atoms with Crippen LogP contribution in [0.3, 0.4) is 0 Å². The van der Waals surface area contributed by atoms with E-state index in [0.29, 0.717) is 23.6 Å². The largest absolute Gasteiger partial charge is 0.493 e. The summed E-state index contributed by atoms with van der Waals surface area (Å²) in [5, 5.41) is 12.1. The molecule has 0 saturated carbocycles. The van der Waals surface area contributed by atoms with Crippen molar-refractivity contribution < 1.29 is 14.3 Å². The Labute approximate surface area is 131 Å². The first-order valence-corrected chi connectivity index (χ1v) is 8.12. The summed E-state index contributed by atoms with van der Waals surface area (Å²) < 4.78 is 12.4. The van der Waals surface area contributed by atoms with Crippen LogP contribution in [0.1, 0.15) is 18.6 Å².